The molecule has 0 aromatic heterocycles. The zero-order valence-electron chi connectivity index (χ0n) is 19.3. The van der Waals surface area contributed by atoms with E-state index in [-0.39, 0.29) is 5.57 Å². The molecule has 0 radical (unpaired) electrons. The molecule has 0 saturated heterocycles. The molecule has 4 aromatic carbocycles. The molecule has 0 unspecified atom stereocenters. The van der Waals surface area contributed by atoms with Crippen molar-refractivity contribution in [2.24, 2.45) is 0 Å². The maximum absolute atomic E-state index is 12.6. The molecule has 5 nitrogen and oxygen atoms in total. The Morgan fingerprint density at radius 2 is 1.80 bits per heavy atom. The lowest BCUT2D eigenvalue weighted by Gasteiger charge is -2.14. The van der Waals surface area contributed by atoms with Gasteiger partial charge in [-0.1, -0.05) is 71.8 Å². The van der Waals surface area contributed by atoms with Crippen LogP contribution >= 0.6 is 11.6 Å². The third-order valence-electron chi connectivity index (χ3n) is 5.49. The van der Waals surface area contributed by atoms with Crippen LogP contribution in [0.4, 0.5) is 5.69 Å². The molecule has 6 heteroatoms. The highest BCUT2D eigenvalue weighted by Gasteiger charge is 2.15. The van der Waals surface area contributed by atoms with E-state index in [1.807, 2.05) is 55.5 Å². The van der Waals surface area contributed by atoms with Gasteiger partial charge in [0.15, 0.2) is 11.5 Å². The van der Waals surface area contributed by atoms with Crippen molar-refractivity contribution in [1.29, 1.82) is 5.26 Å². The third-order valence-corrected chi connectivity index (χ3v) is 5.77. The predicted octanol–water partition coefficient (Wildman–Crippen LogP) is 6.93. The number of carbonyl (C=O) groups excluding carboxylic acids is 1. The molecule has 0 atom stereocenters. The molecule has 0 aliphatic heterocycles. The quantitative estimate of drug-likeness (QED) is 0.229. The number of nitriles is 1. The summed E-state index contributed by atoms with van der Waals surface area (Å²) < 4.78 is 11.6. The molecule has 1 amide bonds. The summed E-state index contributed by atoms with van der Waals surface area (Å²) in [6.07, 6.45) is 1.46. The summed E-state index contributed by atoms with van der Waals surface area (Å²) in [7, 11) is 1.51. The molecule has 0 fully saturated rings. The lowest BCUT2D eigenvalue weighted by molar-refractivity contribution is -0.112. The van der Waals surface area contributed by atoms with Crippen molar-refractivity contribution in [3.63, 3.8) is 0 Å². The number of benzene rings is 4. The van der Waals surface area contributed by atoms with Gasteiger partial charge in [-0.05, 0) is 59.2 Å². The molecule has 4 aromatic rings. The van der Waals surface area contributed by atoms with Crippen LogP contribution in [0.1, 0.15) is 16.7 Å². The first-order valence-electron chi connectivity index (χ1n) is 11.0. The minimum Gasteiger partial charge on any atom is -0.493 e. The molecule has 35 heavy (non-hydrogen) atoms. The maximum Gasteiger partial charge on any atom is 0.266 e. The predicted molar refractivity (Wildman–Crippen MR) is 140 cm³/mol. The number of nitrogens with zero attached hydrogens (tertiary/aromatic N) is 1. The highest BCUT2D eigenvalue weighted by molar-refractivity contribution is 6.32. The van der Waals surface area contributed by atoms with Gasteiger partial charge in [-0.25, -0.2) is 0 Å². The normalized spacial score (nSPS) is 11.1. The monoisotopic (exact) mass is 482 g/mol. The number of ether oxygens (including phenoxy) is 2. The van der Waals surface area contributed by atoms with Gasteiger partial charge in [0, 0.05) is 5.69 Å². The highest BCUT2D eigenvalue weighted by Crippen LogP contribution is 2.38. The van der Waals surface area contributed by atoms with Gasteiger partial charge in [-0.15, -0.1) is 0 Å². The number of nitrogens with one attached hydrogen (secondary N) is 1. The minimum absolute atomic E-state index is 0.0619. The van der Waals surface area contributed by atoms with Gasteiger partial charge in [0.1, 0.15) is 18.2 Å². The summed E-state index contributed by atoms with van der Waals surface area (Å²) in [6.45, 7) is 2.26. The third kappa shape index (κ3) is 5.63. The van der Waals surface area contributed by atoms with Crippen LogP contribution in [0, 0.1) is 18.3 Å². The van der Waals surface area contributed by atoms with E-state index in [1.54, 1.807) is 24.3 Å². The molecule has 4 rings (SSSR count). The van der Waals surface area contributed by atoms with Gasteiger partial charge in [0.05, 0.1) is 12.1 Å². The van der Waals surface area contributed by atoms with E-state index in [0.717, 1.165) is 21.9 Å². The highest BCUT2D eigenvalue weighted by atomic mass is 35.5. The number of halogens is 1. The van der Waals surface area contributed by atoms with Crippen molar-refractivity contribution in [1.82, 2.24) is 0 Å². The molecule has 1 N–H and O–H groups in total. The zero-order chi connectivity index (χ0) is 24.8. The smallest absolute Gasteiger partial charge is 0.266 e. The number of fused-ring (bicyclic) bond motifs is 1. The molecule has 0 saturated carbocycles. The summed E-state index contributed by atoms with van der Waals surface area (Å²) in [6, 6.07) is 26.7. The Bertz CT molecular complexity index is 1450. The topological polar surface area (TPSA) is 71.3 Å². The number of rotatable bonds is 7. The Balaban J connectivity index is 1.56. The summed E-state index contributed by atoms with van der Waals surface area (Å²) in [5.74, 6) is 0.282. The van der Waals surface area contributed by atoms with Gasteiger partial charge in [0.25, 0.3) is 5.91 Å². The van der Waals surface area contributed by atoms with E-state index in [2.05, 4.69) is 17.4 Å². The fourth-order valence-corrected chi connectivity index (χ4v) is 3.96. The number of hydrogen-bond acceptors (Lipinski definition) is 4. The first kappa shape index (κ1) is 23.9. The van der Waals surface area contributed by atoms with Crippen LogP contribution in [0.15, 0.2) is 84.4 Å². The molecule has 0 bridgehead atoms. The number of methoxy groups -OCH3 is 1. The Hall–Kier alpha value is -4.27. The molecule has 0 spiro atoms. The van der Waals surface area contributed by atoms with E-state index < -0.39 is 5.91 Å². The van der Waals surface area contributed by atoms with Crippen LogP contribution in [0.5, 0.6) is 11.5 Å². The van der Waals surface area contributed by atoms with Crippen molar-refractivity contribution in [3.8, 4) is 17.6 Å². The standard InChI is InChI=1S/C29H23ClN2O3/c1-19-10-12-24(13-11-19)32-29(33)23(17-31)14-20-15-26(30)28(27(16-20)34-2)35-18-22-8-5-7-21-6-3-4-9-25(21)22/h3-16H,18H2,1-2H3,(H,32,33). The van der Waals surface area contributed by atoms with Crippen molar-refractivity contribution in [3.05, 3.63) is 106 Å². The van der Waals surface area contributed by atoms with E-state index in [4.69, 9.17) is 21.1 Å². The van der Waals surface area contributed by atoms with Crippen molar-refractivity contribution in [2.75, 3.05) is 12.4 Å². The molecule has 174 valence electrons. The van der Waals surface area contributed by atoms with Crippen molar-refractivity contribution >= 4 is 40.0 Å². The van der Waals surface area contributed by atoms with E-state index in [1.165, 1.54) is 13.2 Å². The molecular weight excluding hydrogens is 460 g/mol. The molecule has 0 heterocycles. The van der Waals surface area contributed by atoms with Gasteiger partial charge >= 0.3 is 0 Å². The lowest BCUT2D eigenvalue weighted by atomic mass is 10.1. The SMILES string of the molecule is COc1cc(C=C(C#N)C(=O)Nc2ccc(C)cc2)cc(Cl)c1OCc1cccc2ccccc12. The summed E-state index contributed by atoms with van der Waals surface area (Å²) in [4.78, 5) is 12.6. The van der Waals surface area contributed by atoms with Crippen LogP contribution in [0.25, 0.3) is 16.8 Å². The molecule has 0 aliphatic carbocycles. The van der Waals surface area contributed by atoms with Gasteiger partial charge in [0.2, 0.25) is 0 Å². The number of carbonyl (C=O) groups is 1. The second-order valence-electron chi connectivity index (χ2n) is 7.95. The first-order chi connectivity index (χ1) is 17.0. The maximum atomic E-state index is 12.6. The van der Waals surface area contributed by atoms with E-state index in [0.29, 0.717) is 34.4 Å². The molecular formula is C29H23ClN2O3. The average Bonchev–Trinajstić information content (AvgIpc) is 2.87. The second-order valence-corrected chi connectivity index (χ2v) is 8.36. The Kier molecular flexibility index (Phi) is 7.35. The van der Waals surface area contributed by atoms with Crippen LogP contribution in [0.3, 0.4) is 0 Å². The fourth-order valence-electron chi connectivity index (χ4n) is 3.68. The van der Waals surface area contributed by atoms with Crippen LogP contribution in [-0.2, 0) is 11.4 Å². The van der Waals surface area contributed by atoms with E-state index >= 15 is 0 Å². The Morgan fingerprint density at radius 3 is 2.54 bits per heavy atom. The summed E-state index contributed by atoms with van der Waals surface area (Å²) in [5.41, 5.74) is 3.18. The number of anilines is 1. The van der Waals surface area contributed by atoms with Crippen molar-refractivity contribution < 1.29 is 14.3 Å². The number of hydrogen-bond donors (Lipinski definition) is 1. The summed E-state index contributed by atoms with van der Waals surface area (Å²) in [5, 5.41) is 14.8. The van der Waals surface area contributed by atoms with Gasteiger partial charge < -0.3 is 14.8 Å². The number of aryl methyl sites for hydroxylation is 1. The Morgan fingerprint density at radius 1 is 1.06 bits per heavy atom. The van der Waals surface area contributed by atoms with Crippen molar-refractivity contribution in [2.45, 2.75) is 13.5 Å². The van der Waals surface area contributed by atoms with Gasteiger partial charge in [-0.2, -0.15) is 5.26 Å². The molecule has 0 aliphatic rings. The van der Waals surface area contributed by atoms with E-state index in [9.17, 15) is 10.1 Å². The zero-order valence-corrected chi connectivity index (χ0v) is 20.1. The second kappa shape index (κ2) is 10.8. The minimum atomic E-state index is -0.511. The lowest BCUT2D eigenvalue weighted by Crippen LogP contribution is -2.13. The Labute approximate surface area is 209 Å². The first-order valence-corrected chi connectivity index (χ1v) is 11.3. The average molecular weight is 483 g/mol. The van der Waals surface area contributed by atoms with Crippen LogP contribution in [-0.4, -0.2) is 13.0 Å². The summed E-state index contributed by atoms with van der Waals surface area (Å²) >= 11 is 6.53. The van der Waals surface area contributed by atoms with Crippen LogP contribution in [0.2, 0.25) is 5.02 Å². The largest absolute Gasteiger partial charge is 0.493 e. The number of amides is 1. The fraction of sp³-hybridized carbons (Fsp3) is 0.103. The van der Waals surface area contributed by atoms with Gasteiger partial charge in [-0.3, -0.25) is 4.79 Å². The van der Waals surface area contributed by atoms with Crippen LogP contribution < -0.4 is 14.8 Å².